The molecule has 1 atom stereocenters. The molecular formula is C11H23P. The first-order valence-electron chi connectivity index (χ1n) is 5.12. The van der Waals surface area contributed by atoms with E-state index in [2.05, 4.69) is 27.4 Å². The van der Waals surface area contributed by atoms with Crippen LogP contribution in [0.15, 0.2) is 0 Å². The fourth-order valence-electron chi connectivity index (χ4n) is 2.13. The Morgan fingerprint density at radius 1 is 1.00 bits per heavy atom. The first-order chi connectivity index (χ1) is 5.47. The van der Waals surface area contributed by atoms with Gasteiger partial charge in [0.2, 0.25) is 0 Å². The van der Waals surface area contributed by atoms with Gasteiger partial charge in [0.05, 0.1) is 0 Å². The molecule has 1 saturated carbocycles. The molecule has 0 nitrogen and oxygen atoms in total. The number of hydrogen-bond donors (Lipinski definition) is 0. The lowest BCUT2D eigenvalue weighted by atomic mass is 9.67. The Labute approximate surface area is 79.3 Å². The highest BCUT2D eigenvalue weighted by molar-refractivity contribution is 7.37. The van der Waals surface area contributed by atoms with E-state index >= 15 is 0 Å². The normalized spacial score (nSPS) is 28.0. The Hall–Kier alpha value is 0.430. The second kappa shape index (κ2) is 3.66. The highest BCUT2D eigenvalue weighted by atomic mass is 31.1. The summed E-state index contributed by atoms with van der Waals surface area (Å²) < 4.78 is 0. The Bertz CT molecular complexity index is 139. The van der Waals surface area contributed by atoms with Gasteiger partial charge in [0, 0.05) is 0 Å². The topological polar surface area (TPSA) is 0 Å². The van der Waals surface area contributed by atoms with Crippen LogP contribution in [0.25, 0.3) is 0 Å². The van der Waals surface area contributed by atoms with Gasteiger partial charge in [-0.25, -0.2) is 0 Å². The Balaban J connectivity index is 2.44. The van der Waals surface area contributed by atoms with Gasteiger partial charge in [0.25, 0.3) is 0 Å². The maximum Gasteiger partial charge on any atom is -0.0289 e. The molecular weight excluding hydrogens is 163 g/mol. The van der Waals surface area contributed by atoms with Crippen LogP contribution < -0.4 is 0 Å². The molecule has 0 heterocycles. The number of hydrogen-bond acceptors (Lipinski definition) is 0. The molecule has 0 aromatic carbocycles. The molecule has 12 heavy (non-hydrogen) atoms. The molecule has 0 N–H and O–H groups in total. The van der Waals surface area contributed by atoms with E-state index in [1.54, 1.807) is 0 Å². The summed E-state index contributed by atoms with van der Waals surface area (Å²) in [6, 6.07) is 0. The molecule has 1 rings (SSSR count). The van der Waals surface area contributed by atoms with Crippen molar-refractivity contribution >= 4 is 8.58 Å². The van der Waals surface area contributed by atoms with Gasteiger partial charge in [-0.1, -0.05) is 20.8 Å². The van der Waals surface area contributed by atoms with Crippen molar-refractivity contribution in [2.24, 2.45) is 10.8 Å². The van der Waals surface area contributed by atoms with Crippen molar-refractivity contribution < 1.29 is 0 Å². The average molecular weight is 186 g/mol. The Morgan fingerprint density at radius 2 is 1.50 bits per heavy atom. The second-order valence-electron chi connectivity index (χ2n) is 5.51. The van der Waals surface area contributed by atoms with Gasteiger partial charge in [0.1, 0.15) is 0 Å². The SMILES string of the molecule is CPCC1(C)CCC(C)(C)CC1. The predicted octanol–water partition coefficient (Wildman–Crippen LogP) is 3.90. The highest BCUT2D eigenvalue weighted by Crippen LogP contribution is 2.46. The molecule has 0 amide bonds. The van der Waals surface area contributed by atoms with Crippen LogP contribution in [0.2, 0.25) is 0 Å². The van der Waals surface area contributed by atoms with Crippen molar-refractivity contribution in [1.82, 2.24) is 0 Å². The summed E-state index contributed by atoms with van der Waals surface area (Å²) in [5.41, 5.74) is 1.33. The third-order valence-electron chi connectivity index (χ3n) is 3.41. The molecule has 72 valence electrons. The van der Waals surface area contributed by atoms with E-state index in [9.17, 15) is 0 Å². The molecule has 1 aliphatic carbocycles. The van der Waals surface area contributed by atoms with Gasteiger partial charge < -0.3 is 0 Å². The van der Waals surface area contributed by atoms with Crippen molar-refractivity contribution in [3.8, 4) is 0 Å². The van der Waals surface area contributed by atoms with E-state index < -0.39 is 0 Å². The standard InChI is InChI=1S/C11H23P/c1-10(2)5-7-11(3,8-6-10)9-12-4/h12H,5-9H2,1-4H3. The van der Waals surface area contributed by atoms with Gasteiger partial charge in [-0.05, 0) is 49.3 Å². The van der Waals surface area contributed by atoms with Gasteiger partial charge in [0.15, 0.2) is 0 Å². The summed E-state index contributed by atoms with van der Waals surface area (Å²) in [7, 11) is 1.14. The van der Waals surface area contributed by atoms with Crippen LogP contribution in [0.5, 0.6) is 0 Å². The average Bonchev–Trinajstić information content (AvgIpc) is 1.98. The van der Waals surface area contributed by atoms with E-state index in [0.29, 0.717) is 10.8 Å². The molecule has 0 spiro atoms. The zero-order valence-corrected chi connectivity index (χ0v) is 10.0. The monoisotopic (exact) mass is 186 g/mol. The molecule has 0 saturated heterocycles. The summed E-state index contributed by atoms with van der Waals surface area (Å²) in [5, 5.41) is 0. The van der Waals surface area contributed by atoms with E-state index in [0.717, 1.165) is 8.58 Å². The Kier molecular flexibility index (Phi) is 3.21. The highest BCUT2D eigenvalue weighted by Gasteiger charge is 2.33. The van der Waals surface area contributed by atoms with Crippen LogP contribution in [-0.4, -0.2) is 12.8 Å². The quantitative estimate of drug-likeness (QED) is 0.574. The van der Waals surface area contributed by atoms with Crippen LogP contribution in [0, 0.1) is 10.8 Å². The minimum absolute atomic E-state index is 0.635. The van der Waals surface area contributed by atoms with E-state index in [-0.39, 0.29) is 0 Å². The van der Waals surface area contributed by atoms with Crippen molar-refractivity contribution in [1.29, 1.82) is 0 Å². The third-order valence-corrected chi connectivity index (χ3v) is 4.62. The largest absolute Gasteiger partial charge is 0.125 e. The lowest BCUT2D eigenvalue weighted by Gasteiger charge is -2.41. The molecule has 1 unspecified atom stereocenters. The fraction of sp³-hybridized carbons (Fsp3) is 1.00. The zero-order chi connectivity index (χ0) is 9.24. The van der Waals surface area contributed by atoms with Crippen molar-refractivity contribution in [3.05, 3.63) is 0 Å². The zero-order valence-electron chi connectivity index (χ0n) is 9.04. The maximum atomic E-state index is 2.48. The first kappa shape index (κ1) is 10.5. The predicted molar refractivity (Wildman–Crippen MR) is 59.5 cm³/mol. The van der Waals surface area contributed by atoms with Gasteiger partial charge in [-0.15, -0.1) is 8.58 Å². The maximum absolute atomic E-state index is 2.48. The van der Waals surface area contributed by atoms with Gasteiger partial charge >= 0.3 is 0 Å². The molecule has 0 radical (unpaired) electrons. The van der Waals surface area contributed by atoms with E-state index in [1.807, 2.05) is 0 Å². The van der Waals surface area contributed by atoms with Crippen LogP contribution >= 0.6 is 8.58 Å². The molecule has 1 fully saturated rings. The minimum Gasteiger partial charge on any atom is -0.125 e. The molecule has 0 aliphatic heterocycles. The molecule has 0 aromatic heterocycles. The van der Waals surface area contributed by atoms with Crippen LogP contribution in [-0.2, 0) is 0 Å². The summed E-state index contributed by atoms with van der Waals surface area (Å²) in [6.45, 7) is 9.66. The van der Waals surface area contributed by atoms with E-state index in [1.165, 1.54) is 31.8 Å². The molecule has 1 heteroatoms. The third kappa shape index (κ3) is 2.73. The van der Waals surface area contributed by atoms with E-state index in [4.69, 9.17) is 0 Å². The van der Waals surface area contributed by atoms with Gasteiger partial charge in [-0.3, -0.25) is 0 Å². The van der Waals surface area contributed by atoms with Crippen molar-refractivity contribution in [2.45, 2.75) is 46.5 Å². The summed E-state index contributed by atoms with van der Waals surface area (Å²) in [4.78, 5) is 0. The van der Waals surface area contributed by atoms with Crippen LogP contribution in [0.1, 0.15) is 46.5 Å². The fourth-order valence-corrected chi connectivity index (χ4v) is 3.34. The number of rotatable bonds is 2. The van der Waals surface area contributed by atoms with Crippen LogP contribution in [0.4, 0.5) is 0 Å². The lowest BCUT2D eigenvalue weighted by Crippen LogP contribution is -2.30. The Morgan fingerprint density at radius 3 is 1.92 bits per heavy atom. The van der Waals surface area contributed by atoms with Crippen molar-refractivity contribution in [3.63, 3.8) is 0 Å². The second-order valence-corrected chi connectivity index (χ2v) is 6.57. The first-order valence-corrected chi connectivity index (χ1v) is 6.83. The van der Waals surface area contributed by atoms with Gasteiger partial charge in [-0.2, -0.15) is 0 Å². The molecule has 1 aliphatic rings. The smallest absolute Gasteiger partial charge is 0.0289 e. The summed E-state index contributed by atoms with van der Waals surface area (Å²) >= 11 is 0. The molecule has 0 aromatic rings. The van der Waals surface area contributed by atoms with Crippen LogP contribution in [0.3, 0.4) is 0 Å². The van der Waals surface area contributed by atoms with Crippen molar-refractivity contribution in [2.75, 3.05) is 12.8 Å². The summed E-state index contributed by atoms with van der Waals surface area (Å²) in [6.07, 6.45) is 7.26. The summed E-state index contributed by atoms with van der Waals surface area (Å²) in [5.74, 6) is 0. The minimum atomic E-state index is 0.635. The molecule has 0 bridgehead atoms. The lowest BCUT2D eigenvalue weighted by molar-refractivity contribution is 0.136.